The van der Waals surface area contributed by atoms with Gasteiger partial charge in [0, 0.05) is 21.8 Å². The van der Waals surface area contributed by atoms with Gasteiger partial charge >= 0.3 is 11.9 Å². The minimum Gasteiger partial charge on any atom is -0.424 e. The number of ether oxygens (including phenoxy) is 2. The molecule has 0 aliphatic heterocycles. The van der Waals surface area contributed by atoms with Gasteiger partial charge in [-0.05, 0) is 101 Å². The first-order valence-electron chi connectivity index (χ1n) is 8.88. The van der Waals surface area contributed by atoms with E-state index in [1.165, 1.54) is 0 Å². The highest BCUT2D eigenvalue weighted by molar-refractivity contribution is 9.12. The van der Waals surface area contributed by atoms with Crippen LogP contribution in [0.15, 0.2) is 51.1 Å². The molecular formula is C20H16Br6O4. The van der Waals surface area contributed by atoms with Gasteiger partial charge in [0.2, 0.25) is 0 Å². The Morgan fingerprint density at radius 3 is 1.17 bits per heavy atom. The topological polar surface area (TPSA) is 52.6 Å². The molecule has 0 saturated carbocycles. The lowest BCUT2D eigenvalue weighted by Crippen LogP contribution is -2.09. The summed E-state index contributed by atoms with van der Waals surface area (Å²) in [7, 11) is 0. The maximum atomic E-state index is 12.1. The SMILES string of the molecule is O=C(CCCCCCC(=O)Oc1c(Br)cc(Br)cc1Br)Oc1c(Br)cc(Br)cc1Br. The fourth-order valence-corrected chi connectivity index (χ4v) is 7.32. The van der Waals surface area contributed by atoms with Crippen LogP contribution in [0.25, 0.3) is 0 Å². The number of halogens is 6. The van der Waals surface area contributed by atoms with E-state index >= 15 is 0 Å². The maximum absolute atomic E-state index is 12.1. The van der Waals surface area contributed by atoms with E-state index in [0.717, 1.165) is 21.8 Å². The highest BCUT2D eigenvalue weighted by atomic mass is 79.9. The molecule has 30 heavy (non-hydrogen) atoms. The van der Waals surface area contributed by atoms with Gasteiger partial charge in [-0.15, -0.1) is 0 Å². The predicted molar refractivity (Wildman–Crippen MR) is 138 cm³/mol. The average Bonchev–Trinajstić information content (AvgIpc) is 2.64. The van der Waals surface area contributed by atoms with E-state index in [9.17, 15) is 9.59 Å². The molecule has 0 amide bonds. The van der Waals surface area contributed by atoms with Crippen LogP contribution in [0, 0.1) is 0 Å². The summed E-state index contributed by atoms with van der Waals surface area (Å²) in [5, 5.41) is 0. The summed E-state index contributed by atoms with van der Waals surface area (Å²) in [6.07, 6.45) is 3.69. The van der Waals surface area contributed by atoms with Crippen molar-refractivity contribution in [2.24, 2.45) is 0 Å². The smallest absolute Gasteiger partial charge is 0.311 e. The molecular weight excluding hydrogens is 784 g/mol. The van der Waals surface area contributed by atoms with Crippen LogP contribution in [0.1, 0.15) is 38.5 Å². The molecule has 162 valence electrons. The third-order valence-electron chi connectivity index (χ3n) is 3.87. The summed E-state index contributed by atoms with van der Waals surface area (Å²) in [4.78, 5) is 24.1. The molecule has 0 N–H and O–H groups in total. The van der Waals surface area contributed by atoms with Crippen LogP contribution in [-0.4, -0.2) is 11.9 Å². The number of rotatable bonds is 9. The summed E-state index contributed by atoms with van der Waals surface area (Å²) < 4.78 is 15.4. The highest BCUT2D eigenvalue weighted by Crippen LogP contribution is 2.37. The summed E-state index contributed by atoms with van der Waals surface area (Å²) in [5.74, 6) is 0.360. The first-order valence-corrected chi connectivity index (χ1v) is 13.6. The van der Waals surface area contributed by atoms with Gasteiger partial charge in [0.1, 0.15) is 0 Å². The fourth-order valence-electron chi connectivity index (χ4n) is 2.47. The minimum absolute atomic E-state index is 0.289. The Kier molecular flexibility index (Phi) is 11.6. The van der Waals surface area contributed by atoms with Gasteiger partial charge in [-0.3, -0.25) is 9.59 Å². The fraction of sp³-hybridized carbons (Fsp3) is 0.300. The van der Waals surface area contributed by atoms with Crippen LogP contribution in [-0.2, 0) is 9.59 Å². The number of carbonyl (C=O) groups is 2. The van der Waals surface area contributed by atoms with Crippen LogP contribution in [0.4, 0.5) is 0 Å². The van der Waals surface area contributed by atoms with Gasteiger partial charge < -0.3 is 9.47 Å². The molecule has 0 fully saturated rings. The molecule has 0 aromatic heterocycles. The van der Waals surface area contributed by atoms with Crippen molar-refractivity contribution in [3.63, 3.8) is 0 Å². The number of carbonyl (C=O) groups excluding carboxylic acids is 2. The number of unbranched alkanes of at least 4 members (excludes halogenated alkanes) is 3. The van der Waals surface area contributed by atoms with Gasteiger partial charge in [0.15, 0.2) is 11.5 Å². The van der Waals surface area contributed by atoms with Gasteiger partial charge in [0.05, 0.1) is 17.9 Å². The molecule has 10 heteroatoms. The summed E-state index contributed by atoms with van der Waals surface area (Å²) in [5.41, 5.74) is 0. The average molecular weight is 800 g/mol. The Morgan fingerprint density at radius 2 is 0.867 bits per heavy atom. The second-order valence-corrected chi connectivity index (χ2v) is 11.5. The molecule has 0 radical (unpaired) electrons. The van der Waals surface area contributed by atoms with E-state index in [1.54, 1.807) is 0 Å². The van der Waals surface area contributed by atoms with Crippen molar-refractivity contribution < 1.29 is 19.1 Å². The quantitative estimate of drug-likeness (QED) is 0.144. The number of benzene rings is 2. The molecule has 0 aliphatic carbocycles. The number of hydrogen-bond acceptors (Lipinski definition) is 4. The van der Waals surface area contributed by atoms with Crippen LogP contribution in [0.5, 0.6) is 11.5 Å². The molecule has 0 atom stereocenters. The second-order valence-electron chi connectivity index (χ2n) is 6.26. The van der Waals surface area contributed by atoms with Crippen molar-refractivity contribution in [2.75, 3.05) is 0 Å². The van der Waals surface area contributed by atoms with Gasteiger partial charge in [0.25, 0.3) is 0 Å². The number of hydrogen-bond donors (Lipinski definition) is 0. The van der Waals surface area contributed by atoms with Crippen LogP contribution in [0.3, 0.4) is 0 Å². The molecule has 0 bridgehead atoms. The molecule has 0 saturated heterocycles. The minimum atomic E-state index is -0.289. The zero-order valence-electron chi connectivity index (χ0n) is 15.5. The Bertz CT molecular complexity index is 810. The van der Waals surface area contributed by atoms with Gasteiger partial charge in [-0.2, -0.15) is 0 Å². The lowest BCUT2D eigenvalue weighted by molar-refractivity contribution is -0.135. The Balaban J connectivity index is 1.66. The first-order chi connectivity index (χ1) is 14.2. The Hall–Kier alpha value is 0.260. The van der Waals surface area contributed by atoms with Crippen molar-refractivity contribution >= 4 is 108 Å². The maximum Gasteiger partial charge on any atom is 0.311 e. The standard InChI is InChI=1S/C20H16Br6O4/c21-11-7-13(23)19(14(24)8-11)29-17(27)5-3-1-2-4-6-18(28)30-20-15(25)9-12(22)10-16(20)26/h7-10H,1-6H2. The van der Waals surface area contributed by atoms with Crippen molar-refractivity contribution in [3.8, 4) is 11.5 Å². The largest absolute Gasteiger partial charge is 0.424 e. The molecule has 0 heterocycles. The summed E-state index contributed by atoms with van der Waals surface area (Å²) in [6, 6.07) is 7.27. The van der Waals surface area contributed by atoms with Gasteiger partial charge in [-0.25, -0.2) is 0 Å². The zero-order chi connectivity index (χ0) is 22.3. The lowest BCUT2D eigenvalue weighted by Gasteiger charge is -2.10. The van der Waals surface area contributed by atoms with E-state index < -0.39 is 0 Å². The van der Waals surface area contributed by atoms with Crippen LogP contribution in [0.2, 0.25) is 0 Å². The zero-order valence-corrected chi connectivity index (χ0v) is 25.0. The van der Waals surface area contributed by atoms with E-state index in [2.05, 4.69) is 95.6 Å². The Labute approximate surface area is 225 Å². The molecule has 2 aromatic rings. The van der Waals surface area contributed by atoms with E-state index in [-0.39, 0.29) is 11.9 Å². The van der Waals surface area contributed by atoms with Crippen molar-refractivity contribution in [1.29, 1.82) is 0 Å². The van der Waals surface area contributed by atoms with Crippen molar-refractivity contribution in [2.45, 2.75) is 38.5 Å². The highest BCUT2D eigenvalue weighted by Gasteiger charge is 2.14. The van der Waals surface area contributed by atoms with Crippen molar-refractivity contribution in [3.05, 3.63) is 51.1 Å². The number of esters is 2. The molecule has 0 aliphatic rings. The predicted octanol–water partition coefficient (Wildman–Crippen LogP) is 9.11. The monoisotopic (exact) mass is 794 g/mol. The van der Waals surface area contributed by atoms with E-state index in [4.69, 9.17) is 9.47 Å². The van der Waals surface area contributed by atoms with E-state index in [0.29, 0.717) is 55.1 Å². The molecule has 2 rings (SSSR count). The third-order valence-corrected chi connectivity index (χ3v) is 7.14. The van der Waals surface area contributed by atoms with Crippen LogP contribution >= 0.6 is 95.6 Å². The molecule has 0 unspecified atom stereocenters. The molecule has 2 aromatic carbocycles. The normalized spacial score (nSPS) is 10.7. The van der Waals surface area contributed by atoms with Crippen LogP contribution < -0.4 is 9.47 Å². The molecule has 0 spiro atoms. The Morgan fingerprint density at radius 1 is 0.567 bits per heavy atom. The van der Waals surface area contributed by atoms with Gasteiger partial charge in [-0.1, -0.05) is 44.7 Å². The third kappa shape index (κ3) is 8.65. The second kappa shape index (κ2) is 13.1. The lowest BCUT2D eigenvalue weighted by atomic mass is 10.1. The van der Waals surface area contributed by atoms with E-state index in [1.807, 2.05) is 24.3 Å². The molecule has 4 nitrogen and oxygen atoms in total. The first kappa shape index (κ1) is 26.5. The summed E-state index contributed by atoms with van der Waals surface area (Å²) in [6.45, 7) is 0. The van der Waals surface area contributed by atoms with Crippen molar-refractivity contribution in [1.82, 2.24) is 0 Å². The summed E-state index contributed by atoms with van der Waals surface area (Å²) >= 11 is 20.3.